The van der Waals surface area contributed by atoms with Crippen LogP contribution in [0.3, 0.4) is 0 Å². The van der Waals surface area contributed by atoms with Crippen LogP contribution >= 0.6 is 15.9 Å². The van der Waals surface area contributed by atoms with Crippen LogP contribution in [-0.2, 0) is 17.4 Å². The molecule has 1 unspecified atom stereocenters. The third-order valence-electron chi connectivity index (χ3n) is 1.97. The second-order valence-corrected chi connectivity index (χ2v) is 3.82. The molecule has 0 aliphatic heterocycles. The minimum Gasteiger partial charge on any atom is -0.372 e. The highest BCUT2D eigenvalue weighted by Gasteiger charge is 2.39. The highest BCUT2D eigenvalue weighted by Crippen LogP contribution is 2.25. The van der Waals surface area contributed by atoms with E-state index < -0.39 is 15.2 Å². The van der Waals surface area contributed by atoms with Crippen LogP contribution in [0.1, 0.15) is 12.7 Å². The van der Waals surface area contributed by atoms with Gasteiger partial charge in [0.15, 0.2) is 0 Å². The van der Waals surface area contributed by atoms with Crippen LogP contribution in [0.5, 0.6) is 0 Å². The quantitative estimate of drug-likeness (QED) is 0.492. The van der Waals surface area contributed by atoms with Crippen molar-refractivity contribution in [3.8, 4) is 0 Å². The number of nitro groups is 1. The number of hydrogen-bond donors (Lipinski definition) is 1. The Morgan fingerprint density at radius 2 is 2.33 bits per heavy atom. The summed E-state index contributed by atoms with van der Waals surface area (Å²) in [5.41, 5.74) is -1.89. The number of nitrogens with zero attached hydrogens (tertiary/aromatic N) is 3. The fourth-order valence-corrected chi connectivity index (χ4v) is 1.29. The normalized spacial score (nSPS) is 14.7. The Morgan fingerprint density at radius 3 is 2.67 bits per heavy atom. The molecule has 0 aliphatic rings. The van der Waals surface area contributed by atoms with Crippen molar-refractivity contribution in [2.75, 3.05) is 0 Å². The molecule has 0 fully saturated rings. The predicted molar refractivity (Wildman–Crippen MR) is 53.4 cm³/mol. The lowest BCUT2D eigenvalue weighted by Crippen LogP contribution is -2.31. The van der Waals surface area contributed by atoms with Gasteiger partial charge in [-0.05, 0) is 27.8 Å². The first-order chi connectivity index (χ1) is 6.78. The van der Waals surface area contributed by atoms with E-state index in [-0.39, 0.29) is 11.6 Å². The van der Waals surface area contributed by atoms with Gasteiger partial charge in [0.2, 0.25) is 16.1 Å². The highest BCUT2D eigenvalue weighted by atomic mass is 79.9. The van der Waals surface area contributed by atoms with Gasteiger partial charge in [-0.25, -0.2) is 9.55 Å². The number of carbonyl (C=O) groups excluding carboxylic acids is 1. The molecule has 15 heavy (non-hydrogen) atoms. The van der Waals surface area contributed by atoms with E-state index in [1.165, 1.54) is 14.0 Å². The zero-order valence-corrected chi connectivity index (χ0v) is 9.55. The van der Waals surface area contributed by atoms with Crippen LogP contribution in [0.2, 0.25) is 0 Å². The van der Waals surface area contributed by atoms with Crippen LogP contribution in [0.25, 0.3) is 0 Å². The molecule has 0 aliphatic carbocycles. The summed E-state index contributed by atoms with van der Waals surface area (Å²) < 4.78 is 0.345. The summed E-state index contributed by atoms with van der Waals surface area (Å²) in [4.78, 5) is 24.5. The van der Waals surface area contributed by atoms with Crippen LogP contribution in [0.4, 0.5) is 5.82 Å². The van der Waals surface area contributed by atoms with Gasteiger partial charge in [0.25, 0.3) is 0 Å². The summed E-state index contributed by atoms with van der Waals surface area (Å²) >= 11 is 2.60. The third-order valence-corrected chi connectivity index (χ3v) is 2.74. The van der Waals surface area contributed by atoms with Crippen molar-refractivity contribution in [1.82, 2.24) is 9.55 Å². The summed E-state index contributed by atoms with van der Waals surface area (Å²) in [5, 5.41) is 20.2. The summed E-state index contributed by atoms with van der Waals surface area (Å²) in [6, 6.07) is 0. The first kappa shape index (κ1) is 11.8. The molecular formula is C7H8BrN3O4. The van der Waals surface area contributed by atoms with Crippen molar-refractivity contribution in [1.29, 1.82) is 0 Å². The largest absolute Gasteiger partial charge is 0.372 e. The average molecular weight is 278 g/mol. The lowest BCUT2D eigenvalue weighted by Gasteiger charge is -2.14. The molecular weight excluding hydrogens is 270 g/mol. The fourth-order valence-electron chi connectivity index (χ4n) is 1.11. The van der Waals surface area contributed by atoms with E-state index in [9.17, 15) is 20.0 Å². The molecule has 7 nitrogen and oxygen atoms in total. The summed E-state index contributed by atoms with van der Waals surface area (Å²) in [6.07, 6.45) is 0.986. The van der Waals surface area contributed by atoms with E-state index in [0.29, 0.717) is 0 Å². The van der Waals surface area contributed by atoms with Crippen molar-refractivity contribution in [2.24, 2.45) is 7.05 Å². The number of rotatable bonds is 3. The van der Waals surface area contributed by atoms with Crippen LogP contribution < -0.4 is 0 Å². The number of halogens is 1. The molecule has 1 rings (SSSR count). The Kier molecular flexibility index (Phi) is 2.91. The van der Waals surface area contributed by atoms with Gasteiger partial charge in [-0.1, -0.05) is 0 Å². The maximum atomic E-state index is 11.0. The number of imidazole rings is 1. The molecule has 82 valence electrons. The first-order valence-corrected chi connectivity index (χ1v) is 4.66. The van der Waals surface area contributed by atoms with Gasteiger partial charge in [-0.2, -0.15) is 0 Å². The van der Waals surface area contributed by atoms with Gasteiger partial charge in [0, 0.05) is 0 Å². The van der Waals surface area contributed by atoms with E-state index in [1.54, 1.807) is 0 Å². The van der Waals surface area contributed by atoms with Gasteiger partial charge in [0.05, 0.1) is 7.05 Å². The van der Waals surface area contributed by atoms with Gasteiger partial charge in [-0.15, -0.1) is 0 Å². The zero-order valence-electron chi connectivity index (χ0n) is 7.97. The van der Waals surface area contributed by atoms with Gasteiger partial charge < -0.3 is 15.2 Å². The molecule has 0 aromatic carbocycles. The maximum Gasteiger partial charge on any atom is 0.342 e. The van der Waals surface area contributed by atoms with E-state index in [4.69, 9.17) is 0 Å². The van der Waals surface area contributed by atoms with Crippen LogP contribution in [0, 0.1) is 10.1 Å². The molecule has 1 N–H and O–H groups in total. The van der Waals surface area contributed by atoms with Crippen molar-refractivity contribution < 1.29 is 14.8 Å². The lowest BCUT2D eigenvalue weighted by molar-refractivity contribution is -0.392. The zero-order chi connectivity index (χ0) is 11.8. The fraction of sp³-hybridized carbons (Fsp3) is 0.429. The molecule has 0 bridgehead atoms. The third kappa shape index (κ3) is 1.90. The minimum atomic E-state index is -1.89. The molecule has 1 atom stereocenters. The van der Waals surface area contributed by atoms with Gasteiger partial charge in [-0.3, -0.25) is 4.79 Å². The molecule has 1 heterocycles. The van der Waals surface area contributed by atoms with Crippen molar-refractivity contribution in [3.63, 3.8) is 0 Å². The summed E-state index contributed by atoms with van der Waals surface area (Å²) in [7, 11) is 1.35. The Morgan fingerprint density at radius 1 is 1.80 bits per heavy atom. The molecule has 1 aromatic heterocycles. The summed E-state index contributed by atoms with van der Waals surface area (Å²) in [5.74, 6) is -0.380. The van der Waals surface area contributed by atoms with Crippen LogP contribution in [-0.4, -0.2) is 24.3 Å². The first-order valence-electron chi connectivity index (χ1n) is 3.87. The van der Waals surface area contributed by atoms with E-state index in [1.807, 2.05) is 0 Å². The molecule has 0 amide bonds. The van der Waals surface area contributed by atoms with Gasteiger partial charge >= 0.3 is 5.82 Å². The van der Waals surface area contributed by atoms with E-state index in [0.717, 1.165) is 10.8 Å². The van der Waals surface area contributed by atoms with E-state index in [2.05, 4.69) is 20.9 Å². The minimum absolute atomic E-state index is 0.0870. The van der Waals surface area contributed by atoms with Crippen molar-refractivity contribution in [3.05, 3.63) is 22.1 Å². The molecule has 1 aromatic rings. The molecule has 8 heteroatoms. The van der Waals surface area contributed by atoms with Crippen molar-refractivity contribution >= 4 is 26.4 Å². The molecule has 0 spiro atoms. The van der Waals surface area contributed by atoms with Crippen molar-refractivity contribution in [2.45, 2.75) is 12.5 Å². The van der Waals surface area contributed by atoms with Gasteiger partial charge in [0.1, 0.15) is 6.20 Å². The second-order valence-electron chi connectivity index (χ2n) is 3.10. The Hall–Kier alpha value is -1.28. The highest BCUT2D eigenvalue weighted by molar-refractivity contribution is 9.18. The second kappa shape index (κ2) is 3.70. The number of hydrogen-bond acceptors (Lipinski definition) is 5. The molecule has 0 radical (unpaired) electrons. The number of carbonyl (C=O) groups is 1. The SMILES string of the molecule is Cn1c([N+](=O)[O-])cnc1C(C)(O)C(=O)Br. The molecule has 0 saturated heterocycles. The maximum absolute atomic E-state index is 11.0. The Balaban J connectivity index is 3.29. The monoisotopic (exact) mass is 277 g/mol. The molecule has 0 saturated carbocycles. The predicted octanol–water partition coefficient (Wildman–Crippen LogP) is 0.457. The summed E-state index contributed by atoms with van der Waals surface area (Å²) in [6.45, 7) is 1.20. The lowest BCUT2D eigenvalue weighted by atomic mass is 10.1. The van der Waals surface area contributed by atoms with E-state index >= 15 is 0 Å². The van der Waals surface area contributed by atoms with Crippen LogP contribution in [0.15, 0.2) is 6.20 Å². The Labute approximate surface area is 93.0 Å². The average Bonchev–Trinajstić information content (AvgIpc) is 2.46. The smallest absolute Gasteiger partial charge is 0.342 e. The number of aliphatic hydroxyl groups is 1. The standard InChI is InChI=1S/C7H8BrN3O4/c1-7(13,5(8)12)6-9-3-4(10(6)2)11(14)15/h3,13H,1-2H3. The topological polar surface area (TPSA) is 98.3 Å². The Bertz CT molecular complexity index is 426. The number of aromatic nitrogens is 2.